The predicted octanol–water partition coefficient (Wildman–Crippen LogP) is 3.52. The van der Waals surface area contributed by atoms with Gasteiger partial charge in [0.25, 0.3) is 5.91 Å². The molecule has 1 N–H and O–H groups in total. The van der Waals surface area contributed by atoms with Crippen LogP contribution in [0.15, 0.2) is 77.7 Å². The number of hydrogen-bond donors (Lipinski definition) is 1. The van der Waals surface area contributed by atoms with Crippen molar-refractivity contribution >= 4 is 15.9 Å². The van der Waals surface area contributed by atoms with Crippen molar-refractivity contribution in [1.82, 2.24) is 9.62 Å². The summed E-state index contributed by atoms with van der Waals surface area (Å²) in [5, 5.41) is 2.91. The van der Waals surface area contributed by atoms with E-state index in [9.17, 15) is 13.2 Å². The van der Waals surface area contributed by atoms with Crippen LogP contribution in [0.2, 0.25) is 0 Å². The molecular weight excluding hydrogens is 452 g/mol. The van der Waals surface area contributed by atoms with Crippen LogP contribution in [0, 0.1) is 6.92 Å². The summed E-state index contributed by atoms with van der Waals surface area (Å²) in [4.78, 5) is 13.0. The molecule has 0 saturated carbocycles. The Hall–Kier alpha value is -3.20. The molecular formula is C26H28N2O5S. The minimum absolute atomic E-state index is 0.116. The highest BCUT2D eigenvalue weighted by molar-refractivity contribution is 7.89. The van der Waals surface area contributed by atoms with E-state index in [0.29, 0.717) is 50.6 Å². The van der Waals surface area contributed by atoms with E-state index in [4.69, 9.17) is 9.47 Å². The third-order valence-electron chi connectivity index (χ3n) is 5.65. The number of para-hydroxylation sites is 1. The maximum Gasteiger partial charge on any atom is 0.251 e. The summed E-state index contributed by atoms with van der Waals surface area (Å²) in [6.07, 6.45) is 0. The summed E-state index contributed by atoms with van der Waals surface area (Å²) in [6.45, 7) is 3.89. The number of aryl methyl sites for hydroxylation is 1. The van der Waals surface area contributed by atoms with E-state index in [1.807, 2.05) is 54.6 Å². The number of nitrogens with one attached hydrogen (secondary N) is 1. The van der Waals surface area contributed by atoms with Crippen molar-refractivity contribution in [2.24, 2.45) is 0 Å². The Morgan fingerprint density at radius 2 is 1.71 bits per heavy atom. The van der Waals surface area contributed by atoms with Gasteiger partial charge >= 0.3 is 0 Å². The number of morpholine rings is 1. The summed E-state index contributed by atoms with van der Waals surface area (Å²) in [5.74, 6) is 0.478. The highest BCUT2D eigenvalue weighted by Gasteiger charge is 2.27. The molecule has 0 aliphatic carbocycles. The molecule has 0 atom stereocenters. The van der Waals surface area contributed by atoms with Crippen LogP contribution in [-0.4, -0.2) is 44.9 Å². The van der Waals surface area contributed by atoms with E-state index in [2.05, 4.69) is 5.32 Å². The number of amides is 1. The van der Waals surface area contributed by atoms with Gasteiger partial charge in [-0.1, -0.05) is 48.5 Å². The number of sulfonamides is 1. The first kappa shape index (κ1) is 23.9. The molecule has 34 heavy (non-hydrogen) atoms. The van der Waals surface area contributed by atoms with Gasteiger partial charge in [-0.15, -0.1) is 0 Å². The molecule has 0 unspecified atom stereocenters. The first-order valence-electron chi connectivity index (χ1n) is 11.2. The second-order valence-electron chi connectivity index (χ2n) is 8.10. The van der Waals surface area contributed by atoms with Gasteiger partial charge in [0.15, 0.2) is 0 Å². The Balaban J connectivity index is 1.41. The smallest absolute Gasteiger partial charge is 0.251 e. The summed E-state index contributed by atoms with van der Waals surface area (Å²) in [7, 11) is -3.68. The number of ether oxygens (including phenoxy) is 2. The van der Waals surface area contributed by atoms with Gasteiger partial charge in [-0.2, -0.15) is 4.31 Å². The van der Waals surface area contributed by atoms with Crippen molar-refractivity contribution in [3.63, 3.8) is 0 Å². The zero-order valence-corrected chi connectivity index (χ0v) is 19.9. The molecule has 4 rings (SSSR count). The standard InChI is InChI=1S/C26H28N2O5S/c1-20-10-11-24(34(30,31)28-12-14-32-15-13-28)17-25(20)26(29)27-18-21-6-5-7-22(16-21)19-33-23-8-3-2-4-9-23/h2-11,16-17H,12-15,18-19H2,1H3,(H,27,29). The van der Waals surface area contributed by atoms with E-state index in [-0.39, 0.29) is 10.8 Å². The van der Waals surface area contributed by atoms with Crippen LogP contribution in [0.3, 0.4) is 0 Å². The molecule has 1 saturated heterocycles. The number of carbonyl (C=O) groups is 1. The third-order valence-corrected chi connectivity index (χ3v) is 7.55. The first-order chi connectivity index (χ1) is 16.4. The molecule has 3 aromatic rings. The predicted molar refractivity (Wildman–Crippen MR) is 129 cm³/mol. The summed E-state index contributed by atoms with van der Waals surface area (Å²) in [5.41, 5.74) is 2.98. The average molecular weight is 481 g/mol. The molecule has 3 aromatic carbocycles. The van der Waals surface area contributed by atoms with Crippen molar-refractivity contribution < 1.29 is 22.7 Å². The molecule has 1 heterocycles. The molecule has 1 aliphatic rings. The van der Waals surface area contributed by atoms with Gasteiger partial charge in [0, 0.05) is 25.2 Å². The monoisotopic (exact) mass is 480 g/mol. The lowest BCUT2D eigenvalue weighted by Crippen LogP contribution is -2.40. The third kappa shape index (κ3) is 5.83. The van der Waals surface area contributed by atoms with Crippen LogP contribution >= 0.6 is 0 Å². The van der Waals surface area contributed by atoms with E-state index < -0.39 is 10.0 Å². The molecule has 8 heteroatoms. The maximum absolute atomic E-state index is 13.0. The summed E-state index contributed by atoms with van der Waals surface area (Å²) >= 11 is 0. The van der Waals surface area contributed by atoms with Gasteiger partial charge in [-0.3, -0.25) is 4.79 Å². The van der Waals surface area contributed by atoms with E-state index in [1.54, 1.807) is 19.1 Å². The number of nitrogens with zero attached hydrogens (tertiary/aromatic N) is 1. The zero-order chi connectivity index (χ0) is 24.0. The lowest BCUT2D eigenvalue weighted by atomic mass is 10.1. The minimum atomic E-state index is -3.68. The van der Waals surface area contributed by atoms with Crippen LogP contribution in [0.25, 0.3) is 0 Å². The Bertz CT molecular complexity index is 1240. The van der Waals surface area contributed by atoms with Crippen LogP contribution in [0.4, 0.5) is 0 Å². The maximum atomic E-state index is 13.0. The largest absolute Gasteiger partial charge is 0.489 e. The van der Waals surface area contributed by atoms with E-state index >= 15 is 0 Å². The van der Waals surface area contributed by atoms with Gasteiger partial charge in [0.2, 0.25) is 10.0 Å². The highest BCUT2D eigenvalue weighted by Crippen LogP contribution is 2.21. The average Bonchev–Trinajstić information content (AvgIpc) is 2.87. The topological polar surface area (TPSA) is 84.9 Å². The normalized spacial score (nSPS) is 14.5. The van der Waals surface area contributed by atoms with Crippen molar-refractivity contribution in [3.05, 3.63) is 95.1 Å². The minimum Gasteiger partial charge on any atom is -0.489 e. The molecule has 0 spiro atoms. The highest BCUT2D eigenvalue weighted by atomic mass is 32.2. The van der Waals surface area contributed by atoms with Crippen molar-refractivity contribution in [2.45, 2.75) is 25.0 Å². The second-order valence-corrected chi connectivity index (χ2v) is 10.0. The Kier molecular flexibility index (Phi) is 7.62. The Morgan fingerprint density at radius 1 is 0.971 bits per heavy atom. The van der Waals surface area contributed by atoms with Gasteiger partial charge < -0.3 is 14.8 Å². The zero-order valence-electron chi connectivity index (χ0n) is 19.1. The first-order valence-corrected chi connectivity index (χ1v) is 12.6. The van der Waals surface area contributed by atoms with Gasteiger partial charge in [0.05, 0.1) is 18.1 Å². The Morgan fingerprint density at radius 3 is 2.47 bits per heavy atom. The fourth-order valence-corrected chi connectivity index (χ4v) is 5.17. The van der Waals surface area contributed by atoms with Crippen molar-refractivity contribution in [1.29, 1.82) is 0 Å². The molecule has 0 radical (unpaired) electrons. The lowest BCUT2D eigenvalue weighted by molar-refractivity contribution is 0.0730. The molecule has 1 fully saturated rings. The van der Waals surface area contributed by atoms with E-state index in [1.165, 1.54) is 10.4 Å². The van der Waals surface area contributed by atoms with Crippen LogP contribution < -0.4 is 10.1 Å². The SMILES string of the molecule is Cc1ccc(S(=O)(=O)N2CCOCC2)cc1C(=O)NCc1cccc(COc2ccccc2)c1. The second kappa shape index (κ2) is 10.8. The fraction of sp³-hybridized carbons (Fsp3) is 0.269. The summed E-state index contributed by atoms with van der Waals surface area (Å²) in [6, 6.07) is 22.1. The van der Waals surface area contributed by atoms with Gasteiger partial charge in [0.1, 0.15) is 12.4 Å². The quantitative estimate of drug-likeness (QED) is 0.533. The summed E-state index contributed by atoms with van der Waals surface area (Å²) < 4.78 is 38.4. The number of rotatable bonds is 8. The van der Waals surface area contributed by atoms with Gasteiger partial charge in [-0.05, 0) is 47.9 Å². The van der Waals surface area contributed by atoms with E-state index in [0.717, 1.165) is 16.9 Å². The lowest BCUT2D eigenvalue weighted by Gasteiger charge is -2.26. The molecule has 1 amide bonds. The molecule has 7 nitrogen and oxygen atoms in total. The molecule has 0 bridgehead atoms. The number of benzene rings is 3. The van der Waals surface area contributed by atoms with Crippen LogP contribution in [0.1, 0.15) is 27.0 Å². The fourth-order valence-electron chi connectivity index (χ4n) is 3.73. The van der Waals surface area contributed by atoms with Crippen LogP contribution in [-0.2, 0) is 27.9 Å². The molecule has 0 aromatic heterocycles. The van der Waals surface area contributed by atoms with Crippen molar-refractivity contribution in [2.75, 3.05) is 26.3 Å². The number of hydrogen-bond acceptors (Lipinski definition) is 5. The van der Waals surface area contributed by atoms with Crippen molar-refractivity contribution in [3.8, 4) is 5.75 Å². The molecule has 178 valence electrons. The van der Waals surface area contributed by atoms with Crippen LogP contribution in [0.5, 0.6) is 5.75 Å². The molecule has 1 aliphatic heterocycles. The number of carbonyl (C=O) groups excluding carboxylic acids is 1. The van der Waals surface area contributed by atoms with Gasteiger partial charge in [-0.25, -0.2) is 8.42 Å². The Labute approximate surface area is 200 Å².